The summed E-state index contributed by atoms with van der Waals surface area (Å²) in [6.45, 7) is -0.817. The van der Waals surface area contributed by atoms with Gasteiger partial charge in [0.2, 0.25) is 10.0 Å². The van der Waals surface area contributed by atoms with E-state index >= 15 is 0 Å². The van der Waals surface area contributed by atoms with Crippen LogP contribution in [-0.2, 0) is 19.6 Å². The molecule has 0 fully saturated rings. The second-order valence-electron chi connectivity index (χ2n) is 4.94. The van der Waals surface area contributed by atoms with Crippen molar-refractivity contribution in [1.82, 2.24) is 0 Å². The highest BCUT2D eigenvalue weighted by Gasteiger charge is 2.18. The molecule has 0 bridgehead atoms. The third kappa shape index (κ3) is 4.97. The number of amides is 1. The number of nitrogens with one attached hydrogen (secondary N) is 1. The zero-order valence-corrected chi connectivity index (χ0v) is 14.4. The SMILES string of the molecule is NS(=O)(=O)c1cc(C(=O)OCC(=O)Nc2cc(F)ccc2F)ccc1Cl. The van der Waals surface area contributed by atoms with Crippen LogP contribution in [0.25, 0.3) is 0 Å². The lowest BCUT2D eigenvalue weighted by molar-refractivity contribution is -0.119. The lowest BCUT2D eigenvalue weighted by Gasteiger charge is -2.08. The molecule has 2 aromatic carbocycles. The highest BCUT2D eigenvalue weighted by Crippen LogP contribution is 2.22. The second-order valence-corrected chi connectivity index (χ2v) is 6.88. The Kier molecular flexibility index (Phi) is 5.90. The van der Waals surface area contributed by atoms with Crippen molar-refractivity contribution in [2.45, 2.75) is 4.90 Å². The fourth-order valence-electron chi connectivity index (χ4n) is 1.84. The Labute approximate surface area is 151 Å². The number of sulfonamides is 1. The van der Waals surface area contributed by atoms with Gasteiger partial charge in [-0.15, -0.1) is 0 Å². The van der Waals surface area contributed by atoms with Gasteiger partial charge in [0.1, 0.15) is 16.5 Å². The average molecular weight is 405 g/mol. The van der Waals surface area contributed by atoms with E-state index in [1.54, 1.807) is 0 Å². The molecule has 0 aliphatic rings. The highest BCUT2D eigenvalue weighted by atomic mass is 35.5. The van der Waals surface area contributed by atoms with Crippen LogP contribution in [0, 0.1) is 11.6 Å². The van der Waals surface area contributed by atoms with Crippen molar-refractivity contribution in [3.63, 3.8) is 0 Å². The van der Waals surface area contributed by atoms with Crippen molar-refractivity contribution < 1.29 is 31.5 Å². The number of esters is 1. The molecule has 3 N–H and O–H groups in total. The van der Waals surface area contributed by atoms with Crippen molar-refractivity contribution in [2.24, 2.45) is 5.14 Å². The molecule has 7 nitrogen and oxygen atoms in total. The molecule has 2 rings (SSSR count). The van der Waals surface area contributed by atoms with Crippen molar-refractivity contribution in [3.8, 4) is 0 Å². The number of primary sulfonamides is 1. The number of rotatable bonds is 5. The lowest BCUT2D eigenvalue weighted by Crippen LogP contribution is -2.22. The summed E-state index contributed by atoms with van der Waals surface area (Å²) in [5.41, 5.74) is -0.641. The Bertz CT molecular complexity index is 982. The van der Waals surface area contributed by atoms with Gasteiger partial charge in [-0.3, -0.25) is 4.79 Å². The molecule has 0 aromatic heterocycles. The third-order valence-electron chi connectivity index (χ3n) is 3.01. The Hall–Kier alpha value is -2.56. The Morgan fingerprint density at radius 1 is 1.15 bits per heavy atom. The molecule has 0 saturated carbocycles. The summed E-state index contributed by atoms with van der Waals surface area (Å²) in [7, 11) is -4.17. The smallest absolute Gasteiger partial charge is 0.338 e. The topological polar surface area (TPSA) is 116 Å². The van der Waals surface area contributed by atoms with Crippen LogP contribution in [-0.4, -0.2) is 26.9 Å². The lowest BCUT2D eigenvalue weighted by atomic mass is 10.2. The van der Waals surface area contributed by atoms with Gasteiger partial charge in [-0.1, -0.05) is 11.6 Å². The van der Waals surface area contributed by atoms with E-state index in [1.165, 1.54) is 6.07 Å². The second kappa shape index (κ2) is 7.77. The van der Waals surface area contributed by atoms with E-state index in [0.717, 1.165) is 30.3 Å². The Morgan fingerprint density at radius 3 is 2.50 bits per heavy atom. The number of hydrogen-bond donors (Lipinski definition) is 2. The largest absolute Gasteiger partial charge is 0.452 e. The summed E-state index contributed by atoms with van der Waals surface area (Å²) in [5.74, 6) is -3.61. The van der Waals surface area contributed by atoms with Crippen LogP contribution in [0.5, 0.6) is 0 Å². The molecule has 0 unspecified atom stereocenters. The number of ether oxygens (including phenoxy) is 1. The first kappa shape index (κ1) is 19.8. The summed E-state index contributed by atoms with van der Waals surface area (Å²) in [6, 6.07) is 5.63. The van der Waals surface area contributed by atoms with Gasteiger partial charge in [0.15, 0.2) is 6.61 Å². The van der Waals surface area contributed by atoms with Gasteiger partial charge in [0, 0.05) is 6.07 Å². The maximum atomic E-state index is 13.4. The molecule has 0 aliphatic heterocycles. The van der Waals surface area contributed by atoms with Gasteiger partial charge in [-0.25, -0.2) is 27.1 Å². The molecule has 0 radical (unpaired) electrons. The van der Waals surface area contributed by atoms with Crippen LogP contribution in [0.4, 0.5) is 14.5 Å². The molecule has 2 aromatic rings. The first-order chi connectivity index (χ1) is 12.1. The molecular weight excluding hydrogens is 394 g/mol. The molecule has 138 valence electrons. The zero-order valence-electron chi connectivity index (χ0n) is 12.8. The first-order valence-corrected chi connectivity index (χ1v) is 8.75. The normalized spacial score (nSPS) is 11.1. The molecular formula is C15H11ClF2N2O5S. The first-order valence-electron chi connectivity index (χ1n) is 6.82. The van der Waals surface area contributed by atoms with Crippen LogP contribution in [0.3, 0.4) is 0 Å². The minimum atomic E-state index is -4.17. The summed E-state index contributed by atoms with van der Waals surface area (Å²) in [5, 5.41) is 6.81. The molecule has 26 heavy (non-hydrogen) atoms. The molecule has 1 amide bonds. The highest BCUT2D eigenvalue weighted by molar-refractivity contribution is 7.89. The van der Waals surface area contributed by atoms with E-state index in [2.05, 4.69) is 0 Å². The quantitative estimate of drug-likeness (QED) is 0.740. The molecule has 11 heteroatoms. The van der Waals surface area contributed by atoms with E-state index in [1.807, 2.05) is 5.32 Å². The van der Waals surface area contributed by atoms with Crippen LogP contribution in [0.15, 0.2) is 41.3 Å². The Morgan fingerprint density at radius 2 is 1.85 bits per heavy atom. The van der Waals surface area contributed by atoms with Gasteiger partial charge >= 0.3 is 5.97 Å². The molecule has 0 saturated heterocycles. The summed E-state index contributed by atoms with van der Waals surface area (Å²) < 4.78 is 53.9. The van der Waals surface area contributed by atoms with Gasteiger partial charge in [-0.05, 0) is 30.3 Å². The number of halogens is 3. The fourth-order valence-corrected chi connectivity index (χ4v) is 2.91. The number of anilines is 1. The van der Waals surface area contributed by atoms with E-state index in [9.17, 15) is 26.8 Å². The third-order valence-corrected chi connectivity index (χ3v) is 4.40. The summed E-state index contributed by atoms with van der Waals surface area (Å²) in [4.78, 5) is 23.1. The standard InChI is InChI=1S/C15H11ClF2N2O5S/c16-10-3-1-8(5-13(10)26(19,23)24)15(22)25-7-14(21)20-12-6-9(17)2-4-11(12)18/h1-6H,7H2,(H,20,21)(H2,19,23,24). The van der Waals surface area contributed by atoms with Gasteiger partial charge in [0.25, 0.3) is 5.91 Å². The molecule has 0 aliphatic carbocycles. The zero-order chi connectivity index (χ0) is 19.5. The minimum Gasteiger partial charge on any atom is -0.452 e. The molecule has 0 atom stereocenters. The van der Waals surface area contributed by atoms with Gasteiger partial charge in [-0.2, -0.15) is 0 Å². The molecule has 0 heterocycles. The van der Waals surface area contributed by atoms with E-state index in [0.29, 0.717) is 0 Å². The average Bonchev–Trinajstić information content (AvgIpc) is 2.55. The number of hydrogen-bond acceptors (Lipinski definition) is 5. The van der Waals surface area contributed by atoms with Gasteiger partial charge in [0.05, 0.1) is 16.3 Å². The van der Waals surface area contributed by atoms with Crippen LogP contribution >= 0.6 is 11.6 Å². The fraction of sp³-hybridized carbons (Fsp3) is 0.0667. The van der Waals surface area contributed by atoms with E-state index in [4.69, 9.17) is 21.5 Å². The minimum absolute atomic E-state index is 0.191. The van der Waals surface area contributed by atoms with Crippen molar-refractivity contribution in [3.05, 3.63) is 58.6 Å². The Balaban J connectivity index is 2.04. The molecule has 0 spiro atoms. The number of carbonyl (C=O) groups is 2. The monoisotopic (exact) mass is 404 g/mol. The predicted octanol–water partition coefficient (Wildman–Crippen LogP) is 2.06. The number of carbonyl (C=O) groups excluding carboxylic acids is 2. The summed E-state index contributed by atoms with van der Waals surface area (Å²) in [6.07, 6.45) is 0. The van der Waals surface area contributed by atoms with Crippen molar-refractivity contribution >= 4 is 39.2 Å². The van der Waals surface area contributed by atoms with E-state index in [-0.39, 0.29) is 10.6 Å². The van der Waals surface area contributed by atoms with Crippen LogP contribution < -0.4 is 10.5 Å². The van der Waals surface area contributed by atoms with Crippen molar-refractivity contribution in [1.29, 1.82) is 0 Å². The maximum absolute atomic E-state index is 13.4. The summed E-state index contributed by atoms with van der Waals surface area (Å²) >= 11 is 5.69. The van der Waals surface area contributed by atoms with Crippen LogP contribution in [0.2, 0.25) is 5.02 Å². The van der Waals surface area contributed by atoms with Crippen molar-refractivity contribution in [2.75, 3.05) is 11.9 Å². The van der Waals surface area contributed by atoms with Gasteiger partial charge < -0.3 is 10.1 Å². The van der Waals surface area contributed by atoms with Crippen LogP contribution in [0.1, 0.15) is 10.4 Å². The maximum Gasteiger partial charge on any atom is 0.338 e. The predicted molar refractivity (Wildman–Crippen MR) is 88.1 cm³/mol. The number of nitrogens with two attached hydrogens (primary N) is 1. The van der Waals surface area contributed by atoms with E-state index < -0.39 is 50.7 Å². The number of benzene rings is 2.